The van der Waals surface area contributed by atoms with Crippen molar-refractivity contribution < 1.29 is 5.11 Å². The van der Waals surface area contributed by atoms with E-state index in [0.717, 1.165) is 32.1 Å². The van der Waals surface area contributed by atoms with Crippen LogP contribution in [0.25, 0.3) is 0 Å². The van der Waals surface area contributed by atoms with Crippen molar-refractivity contribution in [1.82, 2.24) is 0 Å². The van der Waals surface area contributed by atoms with Crippen LogP contribution in [0.3, 0.4) is 0 Å². The van der Waals surface area contributed by atoms with Crippen molar-refractivity contribution in [2.45, 2.75) is 44.6 Å². The molecule has 2 heteroatoms. The summed E-state index contributed by atoms with van der Waals surface area (Å²) < 4.78 is 0. The molecular formula is C9H15NO. The Bertz CT molecular complexity index is 165. The zero-order chi connectivity index (χ0) is 8.32. The van der Waals surface area contributed by atoms with Crippen LogP contribution in [0.5, 0.6) is 0 Å². The van der Waals surface area contributed by atoms with Gasteiger partial charge in [0.25, 0.3) is 0 Å². The molecule has 1 aliphatic carbocycles. The highest BCUT2D eigenvalue weighted by Crippen LogP contribution is 2.36. The highest BCUT2D eigenvalue weighted by molar-refractivity contribution is 5.00. The smallest absolute Gasteiger partial charge is 0.0805 e. The topological polar surface area (TPSA) is 44.0 Å². The Morgan fingerprint density at radius 2 is 2.09 bits per heavy atom. The minimum atomic E-state index is -0.649. The third kappa shape index (κ3) is 1.54. The highest BCUT2D eigenvalue weighted by atomic mass is 16.3. The number of hydrogen-bond donors (Lipinski definition) is 1. The van der Waals surface area contributed by atoms with E-state index in [2.05, 4.69) is 6.07 Å². The van der Waals surface area contributed by atoms with Crippen LogP contribution < -0.4 is 0 Å². The van der Waals surface area contributed by atoms with E-state index in [0.29, 0.717) is 0 Å². The van der Waals surface area contributed by atoms with Crippen molar-refractivity contribution in [3.8, 4) is 6.07 Å². The minimum absolute atomic E-state index is 0.148. The molecule has 0 heterocycles. The number of nitriles is 1. The fourth-order valence-electron chi connectivity index (χ4n) is 1.93. The Hall–Kier alpha value is -0.550. The molecule has 0 aromatic rings. The summed E-state index contributed by atoms with van der Waals surface area (Å²) >= 11 is 0. The summed E-state index contributed by atoms with van der Waals surface area (Å²) in [6, 6.07) is 2.18. The quantitative estimate of drug-likeness (QED) is 0.657. The van der Waals surface area contributed by atoms with Crippen molar-refractivity contribution in [1.29, 1.82) is 5.26 Å². The van der Waals surface area contributed by atoms with Gasteiger partial charge in [0.05, 0.1) is 17.6 Å². The second-order valence-electron chi connectivity index (χ2n) is 3.40. The number of nitrogens with zero attached hydrogens (tertiary/aromatic N) is 1. The summed E-state index contributed by atoms with van der Waals surface area (Å²) in [5, 5.41) is 18.7. The van der Waals surface area contributed by atoms with Crippen LogP contribution in [0.4, 0.5) is 0 Å². The van der Waals surface area contributed by atoms with Gasteiger partial charge in [-0.25, -0.2) is 0 Å². The van der Waals surface area contributed by atoms with Gasteiger partial charge in [0.2, 0.25) is 0 Å². The normalized spacial score (nSPS) is 24.5. The summed E-state index contributed by atoms with van der Waals surface area (Å²) in [7, 11) is 0. The maximum atomic E-state index is 9.93. The van der Waals surface area contributed by atoms with Gasteiger partial charge in [-0.1, -0.05) is 19.8 Å². The lowest BCUT2D eigenvalue weighted by Gasteiger charge is -2.26. The Kier molecular flexibility index (Phi) is 2.51. The fourth-order valence-corrected chi connectivity index (χ4v) is 1.93. The largest absolute Gasteiger partial charge is 0.389 e. The molecule has 1 fully saturated rings. The molecule has 1 unspecified atom stereocenters. The van der Waals surface area contributed by atoms with Crippen LogP contribution in [0.2, 0.25) is 0 Å². The average Bonchev–Trinajstić information content (AvgIpc) is 2.39. The lowest BCUT2D eigenvalue weighted by Crippen LogP contribution is -2.33. The van der Waals surface area contributed by atoms with Gasteiger partial charge in [-0.3, -0.25) is 0 Å². The van der Waals surface area contributed by atoms with E-state index < -0.39 is 5.60 Å². The van der Waals surface area contributed by atoms with E-state index in [1.807, 2.05) is 6.92 Å². The minimum Gasteiger partial charge on any atom is -0.389 e. The second-order valence-corrected chi connectivity index (χ2v) is 3.40. The fraction of sp³-hybridized carbons (Fsp3) is 0.889. The molecule has 2 nitrogen and oxygen atoms in total. The third-order valence-corrected chi connectivity index (χ3v) is 2.68. The van der Waals surface area contributed by atoms with Crippen molar-refractivity contribution in [2.75, 3.05) is 0 Å². The van der Waals surface area contributed by atoms with E-state index in [1.54, 1.807) is 0 Å². The zero-order valence-corrected chi connectivity index (χ0v) is 7.01. The van der Waals surface area contributed by atoms with Gasteiger partial charge in [-0.2, -0.15) is 5.26 Å². The molecule has 1 atom stereocenters. The first kappa shape index (κ1) is 8.55. The molecule has 0 spiro atoms. The predicted octanol–water partition coefficient (Wildman–Crippen LogP) is 1.84. The summed E-state index contributed by atoms with van der Waals surface area (Å²) in [4.78, 5) is 0. The maximum Gasteiger partial charge on any atom is 0.0805 e. The molecule has 11 heavy (non-hydrogen) atoms. The van der Waals surface area contributed by atoms with Gasteiger partial charge in [0.1, 0.15) is 0 Å². The Morgan fingerprint density at radius 3 is 2.45 bits per heavy atom. The van der Waals surface area contributed by atoms with Crippen LogP contribution in [-0.4, -0.2) is 10.7 Å². The van der Waals surface area contributed by atoms with E-state index in [-0.39, 0.29) is 5.92 Å². The summed E-state index contributed by atoms with van der Waals surface area (Å²) in [6.45, 7) is 1.96. The maximum absolute atomic E-state index is 9.93. The number of rotatable bonds is 2. The second kappa shape index (κ2) is 3.23. The molecule has 0 amide bonds. The molecule has 0 aromatic carbocycles. The highest BCUT2D eigenvalue weighted by Gasteiger charge is 2.38. The van der Waals surface area contributed by atoms with Gasteiger partial charge in [-0.05, 0) is 19.3 Å². The van der Waals surface area contributed by atoms with E-state index in [1.165, 1.54) is 0 Å². The molecule has 0 aromatic heterocycles. The molecule has 62 valence electrons. The average molecular weight is 153 g/mol. The lowest BCUT2D eigenvalue weighted by molar-refractivity contribution is 0.00783. The molecule has 1 saturated carbocycles. The zero-order valence-electron chi connectivity index (χ0n) is 7.01. The van der Waals surface area contributed by atoms with E-state index in [9.17, 15) is 5.11 Å². The third-order valence-electron chi connectivity index (χ3n) is 2.68. The molecule has 0 aliphatic heterocycles. The van der Waals surface area contributed by atoms with Crippen LogP contribution in [0, 0.1) is 17.2 Å². The van der Waals surface area contributed by atoms with Crippen LogP contribution in [0.1, 0.15) is 39.0 Å². The van der Waals surface area contributed by atoms with E-state index in [4.69, 9.17) is 5.26 Å². The molecule has 1 aliphatic rings. The van der Waals surface area contributed by atoms with Gasteiger partial charge in [-0.15, -0.1) is 0 Å². The van der Waals surface area contributed by atoms with Crippen LogP contribution >= 0.6 is 0 Å². The first-order chi connectivity index (χ1) is 5.23. The first-order valence-corrected chi connectivity index (χ1v) is 4.35. The van der Waals surface area contributed by atoms with Crippen LogP contribution in [0.15, 0.2) is 0 Å². The van der Waals surface area contributed by atoms with Gasteiger partial charge >= 0.3 is 0 Å². The van der Waals surface area contributed by atoms with Crippen LogP contribution in [-0.2, 0) is 0 Å². The number of aliphatic hydroxyl groups is 1. The first-order valence-electron chi connectivity index (χ1n) is 4.35. The standard InChI is InChI=1S/C9H15NO/c1-2-8(7-10)9(11)5-3-4-6-9/h8,11H,2-6H2,1H3. The molecule has 1 N–H and O–H groups in total. The summed E-state index contributed by atoms with van der Waals surface area (Å²) in [5.74, 6) is -0.148. The molecule has 1 rings (SSSR count). The van der Waals surface area contributed by atoms with Crippen molar-refractivity contribution in [2.24, 2.45) is 5.92 Å². The summed E-state index contributed by atoms with van der Waals surface area (Å²) in [6.07, 6.45) is 4.56. The molecule has 0 saturated heterocycles. The SMILES string of the molecule is CCC(C#N)C1(O)CCCC1. The molecule has 0 radical (unpaired) electrons. The number of hydrogen-bond acceptors (Lipinski definition) is 2. The van der Waals surface area contributed by atoms with Gasteiger partial charge < -0.3 is 5.11 Å². The molecule has 0 bridgehead atoms. The van der Waals surface area contributed by atoms with Crippen molar-refractivity contribution in [3.63, 3.8) is 0 Å². The lowest BCUT2D eigenvalue weighted by atomic mass is 9.85. The predicted molar refractivity (Wildman–Crippen MR) is 42.8 cm³/mol. The van der Waals surface area contributed by atoms with Crippen molar-refractivity contribution in [3.05, 3.63) is 0 Å². The summed E-state index contributed by atoms with van der Waals surface area (Å²) in [5.41, 5.74) is -0.649. The van der Waals surface area contributed by atoms with Crippen molar-refractivity contribution >= 4 is 0 Å². The van der Waals surface area contributed by atoms with Gasteiger partial charge in [0.15, 0.2) is 0 Å². The Morgan fingerprint density at radius 1 is 1.55 bits per heavy atom. The Balaban J connectivity index is 2.62. The Labute approximate surface area is 67.8 Å². The molecular weight excluding hydrogens is 138 g/mol. The van der Waals surface area contributed by atoms with Gasteiger partial charge in [0, 0.05) is 0 Å². The van der Waals surface area contributed by atoms with E-state index >= 15 is 0 Å². The monoisotopic (exact) mass is 153 g/mol.